The summed E-state index contributed by atoms with van der Waals surface area (Å²) < 4.78 is 2.37. The van der Waals surface area contributed by atoms with Crippen LogP contribution in [-0.4, -0.2) is 35.7 Å². The summed E-state index contributed by atoms with van der Waals surface area (Å²) in [5.41, 5.74) is 0. The molecule has 1 unspecified atom stereocenters. The van der Waals surface area contributed by atoms with Crippen LogP contribution in [0.3, 0.4) is 0 Å². The molecule has 1 aromatic heterocycles. The molecule has 1 N–H and O–H groups in total. The van der Waals surface area contributed by atoms with Crippen molar-refractivity contribution in [2.45, 2.75) is 39.2 Å². The van der Waals surface area contributed by atoms with Crippen molar-refractivity contribution in [2.24, 2.45) is 0 Å². The van der Waals surface area contributed by atoms with E-state index in [1.54, 1.807) is 0 Å². The van der Waals surface area contributed by atoms with E-state index in [0.717, 1.165) is 32.1 Å². The molecule has 0 amide bonds. The molecule has 0 radical (unpaired) electrons. The molecule has 0 bridgehead atoms. The summed E-state index contributed by atoms with van der Waals surface area (Å²) in [7, 11) is 0. The first kappa shape index (κ1) is 12.4. The number of piperazine rings is 1. The first-order valence-electron chi connectivity index (χ1n) is 6.85. The van der Waals surface area contributed by atoms with E-state index < -0.39 is 0 Å². The molecule has 1 saturated heterocycles. The zero-order valence-corrected chi connectivity index (χ0v) is 11.0. The molecule has 1 aliphatic heterocycles. The van der Waals surface area contributed by atoms with Crippen molar-refractivity contribution in [3.05, 3.63) is 12.4 Å². The van der Waals surface area contributed by atoms with Crippen LogP contribution in [0.1, 0.15) is 39.2 Å². The van der Waals surface area contributed by atoms with Gasteiger partial charge in [-0.15, -0.1) is 0 Å². The molecule has 17 heavy (non-hydrogen) atoms. The highest BCUT2D eigenvalue weighted by Gasteiger charge is 2.18. The van der Waals surface area contributed by atoms with Crippen molar-refractivity contribution < 1.29 is 0 Å². The lowest BCUT2D eigenvalue weighted by Gasteiger charge is -2.30. The fourth-order valence-electron chi connectivity index (χ4n) is 2.57. The maximum absolute atomic E-state index is 4.55. The molecular formula is C13H24N4. The lowest BCUT2D eigenvalue weighted by Crippen LogP contribution is -2.44. The topological polar surface area (TPSA) is 33.1 Å². The number of anilines is 1. The molecule has 2 rings (SSSR count). The molecule has 1 fully saturated rings. The predicted molar refractivity (Wildman–Crippen MR) is 71.5 cm³/mol. The fourth-order valence-corrected chi connectivity index (χ4v) is 2.57. The number of hydrogen-bond acceptors (Lipinski definition) is 3. The maximum atomic E-state index is 4.55. The van der Waals surface area contributed by atoms with Crippen molar-refractivity contribution in [3.63, 3.8) is 0 Å². The van der Waals surface area contributed by atoms with Gasteiger partial charge in [0, 0.05) is 44.6 Å². The van der Waals surface area contributed by atoms with Crippen LogP contribution in [0.25, 0.3) is 0 Å². The van der Waals surface area contributed by atoms with Crippen LogP contribution in [-0.2, 0) is 0 Å². The van der Waals surface area contributed by atoms with Crippen LogP contribution >= 0.6 is 0 Å². The minimum absolute atomic E-state index is 0.604. The summed E-state index contributed by atoms with van der Waals surface area (Å²) in [6, 6.07) is 0.604. The van der Waals surface area contributed by atoms with Crippen LogP contribution in [0.5, 0.6) is 0 Å². The highest BCUT2D eigenvalue weighted by molar-refractivity contribution is 5.32. The number of aromatic nitrogens is 2. The van der Waals surface area contributed by atoms with E-state index in [1.165, 1.54) is 19.3 Å². The van der Waals surface area contributed by atoms with Gasteiger partial charge in [0.25, 0.3) is 0 Å². The maximum Gasteiger partial charge on any atom is 0.205 e. The second-order valence-corrected chi connectivity index (χ2v) is 4.72. The predicted octanol–water partition coefficient (Wildman–Crippen LogP) is 2.04. The Morgan fingerprint density at radius 1 is 1.35 bits per heavy atom. The van der Waals surface area contributed by atoms with Crippen LogP contribution in [0.2, 0.25) is 0 Å². The highest BCUT2D eigenvalue weighted by Crippen LogP contribution is 2.24. The zero-order chi connectivity index (χ0) is 12.1. The molecule has 2 heterocycles. The van der Waals surface area contributed by atoms with Gasteiger partial charge in [0.05, 0.1) is 0 Å². The summed E-state index contributed by atoms with van der Waals surface area (Å²) in [5, 5.41) is 3.39. The number of imidazole rings is 1. The van der Waals surface area contributed by atoms with Crippen LogP contribution in [0, 0.1) is 0 Å². The molecule has 1 atom stereocenters. The molecule has 0 aromatic carbocycles. The first-order chi connectivity index (χ1) is 8.36. The normalized spacial score (nSPS) is 18.4. The number of nitrogens with one attached hydrogen (secondary N) is 1. The Balaban J connectivity index is 2.14. The van der Waals surface area contributed by atoms with Gasteiger partial charge in [0.2, 0.25) is 5.95 Å². The zero-order valence-electron chi connectivity index (χ0n) is 11.0. The average molecular weight is 236 g/mol. The monoisotopic (exact) mass is 236 g/mol. The van der Waals surface area contributed by atoms with Crippen molar-refractivity contribution in [3.8, 4) is 0 Å². The number of rotatable bonds is 5. The van der Waals surface area contributed by atoms with E-state index >= 15 is 0 Å². The Morgan fingerprint density at radius 3 is 2.76 bits per heavy atom. The fraction of sp³-hybridized carbons (Fsp3) is 0.769. The molecule has 0 saturated carbocycles. The lowest BCUT2D eigenvalue weighted by molar-refractivity contribution is 0.440. The quantitative estimate of drug-likeness (QED) is 0.849. The van der Waals surface area contributed by atoms with Crippen molar-refractivity contribution >= 4 is 5.95 Å². The average Bonchev–Trinajstić information content (AvgIpc) is 2.86. The van der Waals surface area contributed by atoms with Gasteiger partial charge in [-0.25, -0.2) is 4.98 Å². The standard InChI is InChI=1S/C13H24N4/c1-3-5-12(4-2)17-11-8-15-13(17)16-9-6-14-7-10-16/h8,11-12,14H,3-7,9-10H2,1-2H3. The second kappa shape index (κ2) is 6.05. The van der Waals surface area contributed by atoms with Gasteiger partial charge in [-0.1, -0.05) is 20.3 Å². The molecule has 0 spiro atoms. The van der Waals surface area contributed by atoms with E-state index in [9.17, 15) is 0 Å². The minimum Gasteiger partial charge on any atom is -0.340 e. The van der Waals surface area contributed by atoms with E-state index in [2.05, 4.69) is 39.8 Å². The summed E-state index contributed by atoms with van der Waals surface area (Å²) >= 11 is 0. The van der Waals surface area contributed by atoms with Gasteiger partial charge < -0.3 is 14.8 Å². The van der Waals surface area contributed by atoms with Gasteiger partial charge >= 0.3 is 0 Å². The summed E-state index contributed by atoms with van der Waals surface area (Å²) in [6.45, 7) is 8.79. The number of nitrogens with zero attached hydrogens (tertiary/aromatic N) is 3. The van der Waals surface area contributed by atoms with Crippen molar-refractivity contribution in [1.29, 1.82) is 0 Å². The number of hydrogen-bond donors (Lipinski definition) is 1. The van der Waals surface area contributed by atoms with E-state index in [1.807, 2.05) is 6.20 Å². The van der Waals surface area contributed by atoms with Gasteiger partial charge in [0.15, 0.2) is 0 Å². The third kappa shape index (κ3) is 2.80. The molecule has 1 aliphatic rings. The Kier molecular flexibility index (Phi) is 4.42. The second-order valence-electron chi connectivity index (χ2n) is 4.72. The molecule has 96 valence electrons. The third-order valence-electron chi connectivity index (χ3n) is 3.53. The van der Waals surface area contributed by atoms with Gasteiger partial charge in [-0.05, 0) is 12.8 Å². The van der Waals surface area contributed by atoms with Crippen molar-refractivity contribution in [2.75, 3.05) is 31.1 Å². The summed E-state index contributed by atoms with van der Waals surface area (Å²) in [5.74, 6) is 1.16. The largest absolute Gasteiger partial charge is 0.340 e. The molecule has 0 aliphatic carbocycles. The van der Waals surface area contributed by atoms with Crippen molar-refractivity contribution in [1.82, 2.24) is 14.9 Å². The van der Waals surface area contributed by atoms with Gasteiger partial charge in [0.1, 0.15) is 0 Å². The smallest absolute Gasteiger partial charge is 0.205 e. The van der Waals surface area contributed by atoms with Crippen LogP contribution in [0.4, 0.5) is 5.95 Å². The molecule has 1 aromatic rings. The minimum atomic E-state index is 0.604. The SMILES string of the molecule is CCCC(CC)n1ccnc1N1CCNCC1. The van der Waals surface area contributed by atoms with Gasteiger partial charge in [-0.2, -0.15) is 0 Å². The lowest BCUT2D eigenvalue weighted by atomic mass is 10.1. The Hall–Kier alpha value is -1.03. The Morgan fingerprint density at radius 2 is 2.12 bits per heavy atom. The van der Waals surface area contributed by atoms with E-state index in [-0.39, 0.29) is 0 Å². The molecule has 4 heteroatoms. The summed E-state index contributed by atoms with van der Waals surface area (Å²) in [6.07, 6.45) is 7.74. The van der Waals surface area contributed by atoms with Crippen LogP contribution < -0.4 is 10.2 Å². The Labute approximate surface area is 104 Å². The highest BCUT2D eigenvalue weighted by atomic mass is 15.3. The van der Waals surface area contributed by atoms with E-state index in [0.29, 0.717) is 6.04 Å². The van der Waals surface area contributed by atoms with E-state index in [4.69, 9.17) is 0 Å². The third-order valence-corrected chi connectivity index (χ3v) is 3.53. The molecular weight excluding hydrogens is 212 g/mol. The van der Waals surface area contributed by atoms with Gasteiger partial charge in [-0.3, -0.25) is 0 Å². The summed E-state index contributed by atoms with van der Waals surface area (Å²) in [4.78, 5) is 6.95. The van der Waals surface area contributed by atoms with Crippen LogP contribution in [0.15, 0.2) is 12.4 Å². The Bertz CT molecular complexity index is 309. The first-order valence-corrected chi connectivity index (χ1v) is 6.85. The molecule has 4 nitrogen and oxygen atoms in total.